The maximum absolute atomic E-state index is 3.59. The molecule has 2 nitrogen and oxygen atoms in total. The minimum atomic E-state index is 0.384. The average molecular weight is 182 g/mol. The van der Waals surface area contributed by atoms with Crippen LogP contribution in [0, 0.1) is 0 Å². The van der Waals surface area contributed by atoms with Crippen molar-refractivity contribution in [2.75, 3.05) is 20.1 Å². The zero-order valence-corrected chi connectivity index (χ0v) is 8.81. The quantitative estimate of drug-likeness (QED) is 0.702. The molecule has 0 bridgehead atoms. The third kappa shape index (κ3) is 1.75. The Hall–Kier alpha value is -0.0800. The third-order valence-electron chi connectivity index (χ3n) is 3.86. The molecule has 1 heterocycles. The van der Waals surface area contributed by atoms with Crippen molar-refractivity contribution in [3.63, 3.8) is 0 Å². The van der Waals surface area contributed by atoms with Crippen molar-refractivity contribution in [2.45, 2.75) is 50.6 Å². The van der Waals surface area contributed by atoms with Crippen molar-refractivity contribution in [3.8, 4) is 0 Å². The summed E-state index contributed by atoms with van der Waals surface area (Å²) in [6.07, 6.45) is 9.81. The normalized spacial score (nSPS) is 29.3. The number of nitrogens with one attached hydrogen (secondary N) is 1. The highest BCUT2D eigenvalue weighted by Crippen LogP contribution is 2.33. The molecule has 0 amide bonds. The first-order chi connectivity index (χ1) is 6.37. The smallest absolute Gasteiger partial charge is 0.0710 e. The van der Waals surface area contributed by atoms with E-state index in [4.69, 9.17) is 0 Å². The SMILES string of the molecule is CNC1(N2CCCC2)CCCCC1. The number of likely N-dealkylation sites (tertiary alicyclic amines) is 1. The summed E-state index contributed by atoms with van der Waals surface area (Å²) in [5, 5.41) is 3.59. The lowest BCUT2D eigenvalue weighted by atomic mass is 9.88. The second-order valence-corrected chi connectivity index (χ2v) is 4.54. The summed E-state index contributed by atoms with van der Waals surface area (Å²) in [4.78, 5) is 2.69. The van der Waals surface area contributed by atoms with Crippen LogP contribution >= 0.6 is 0 Å². The molecular formula is C11H22N2. The Labute approximate surface area is 81.7 Å². The lowest BCUT2D eigenvalue weighted by Crippen LogP contribution is -2.57. The van der Waals surface area contributed by atoms with E-state index < -0.39 is 0 Å². The molecule has 0 aromatic rings. The molecule has 1 aliphatic carbocycles. The predicted molar refractivity (Wildman–Crippen MR) is 55.7 cm³/mol. The molecule has 2 fully saturated rings. The van der Waals surface area contributed by atoms with Gasteiger partial charge in [-0.25, -0.2) is 0 Å². The van der Waals surface area contributed by atoms with Crippen LogP contribution in [-0.4, -0.2) is 30.7 Å². The molecule has 1 saturated carbocycles. The maximum atomic E-state index is 3.59. The van der Waals surface area contributed by atoms with Gasteiger partial charge in [0.2, 0.25) is 0 Å². The van der Waals surface area contributed by atoms with Crippen molar-refractivity contribution in [1.29, 1.82) is 0 Å². The molecule has 0 radical (unpaired) electrons. The van der Waals surface area contributed by atoms with Crippen LogP contribution in [0.2, 0.25) is 0 Å². The molecule has 2 rings (SSSR count). The van der Waals surface area contributed by atoms with Crippen LogP contribution in [0.4, 0.5) is 0 Å². The first kappa shape index (κ1) is 9.47. The molecule has 0 spiro atoms. The highest BCUT2D eigenvalue weighted by molar-refractivity contribution is 4.91. The van der Waals surface area contributed by atoms with Gasteiger partial charge in [-0.2, -0.15) is 0 Å². The molecule has 2 heteroatoms. The Morgan fingerprint density at radius 1 is 0.923 bits per heavy atom. The molecule has 13 heavy (non-hydrogen) atoms. The van der Waals surface area contributed by atoms with Gasteiger partial charge >= 0.3 is 0 Å². The van der Waals surface area contributed by atoms with Crippen LogP contribution < -0.4 is 5.32 Å². The largest absolute Gasteiger partial charge is 0.302 e. The van der Waals surface area contributed by atoms with Gasteiger partial charge in [-0.3, -0.25) is 4.90 Å². The minimum Gasteiger partial charge on any atom is -0.302 e. The highest BCUT2D eigenvalue weighted by atomic mass is 15.3. The van der Waals surface area contributed by atoms with Crippen LogP contribution in [0.15, 0.2) is 0 Å². The van der Waals surface area contributed by atoms with E-state index in [1.165, 1.54) is 58.0 Å². The van der Waals surface area contributed by atoms with Gasteiger partial charge in [0.25, 0.3) is 0 Å². The van der Waals surface area contributed by atoms with E-state index in [0.717, 1.165) is 0 Å². The van der Waals surface area contributed by atoms with Crippen molar-refractivity contribution >= 4 is 0 Å². The number of rotatable bonds is 2. The van der Waals surface area contributed by atoms with Crippen LogP contribution in [0.1, 0.15) is 44.9 Å². The summed E-state index contributed by atoms with van der Waals surface area (Å²) in [5.74, 6) is 0. The van der Waals surface area contributed by atoms with E-state index in [9.17, 15) is 0 Å². The fraction of sp³-hybridized carbons (Fsp3) is 1.00. The first-order valence-electron chi connectivity index (χ1n) is 5.81. The predicted octanol–water partition coefficient (Wildman–Crippen LogP) is 1.96. The molecule has 1 N–H and O–H groups in total. The Morgan fingerprint density at radius 3 is 2.08 bits per heavy atom. The van der Waals surface area contributed by atoms with Crippen molar-refractivity contribution < 1.29 is 0 Å². The number of nitrogens with zero attached hydrogens (tertiary/aromatic N) is 1. The number of hydrogen-bond donors (Lipinski definition) is 1. The van der Waals surface area contributed by atoms with Gasteiger partial charge in [0.1, 0.15) is 0 Å². The molecule has 2 aliphatic rings. The maximum Gasteiger partial charge on any atom is 0.0710 e. The molecule has 0 aromatic heterocycles. The third-order valence-corrected chi connectivity index (χ3v) is 3.86. The van der Waals surface area contributed by atoms with E-state index in [2.05, 4.69) is 17.3 Å². The van der Waals surface area contributed by atoms with E-state index in [1.54, 1.807) is 0 Å². The molecular weight excluding hydrogens is 160 g/mol. The summed E-state index contributed by atoms with van der Waals surface area (Å²) in [5.41, 5.74) is 0.384. The van der Waals surface area contributed by atoms with E-state index >= 15 is 0 Å². The van der Waals surface area contributed by atoms with Gasteiger partial charge < -0.3 is 5.32 Å². The van der Waals surface area contributed by atoms with E-state index in [1.807, 2.05) is 0 Å². The van der Waals surface area contributed by atoms with E-state index in [0.29, 0.717) is 5.66 Å². The minimum absolute atomic E-state index is 0.384. The Kier molecular flexibility index (Phi) is 2.89. The van der Waals surface area contributed by atoms with Crippen LogP contribution in [-0.2, 0) is 0 Å². The molecule has 1 saturated heterocycles. The average Bonchev–Trinajstić information content (AvgIpc) is 2.72. The van der Waals surface area contributed by atoms with Crippen molar-refractivity contribution in [1.82, 2.24) is 10.2 Å². The molecule has 0 aromatic carbocycles. The number of hydrogen-bond acceptors (Lipinski definition) is 2. The standard InChI is InChI=1S/C11H22N2/c1-12-11(7-3-2-4-8-11)13-9-5-6-10-13/h12H,2-10H2,1H3. The topological polar surface area (TPSA) is 15.3 Å². The zero-order valence-electron chi connectivity index (χ0n) is 8.81. The second-order valence-electron chi connectivity index (χ2n) is 4.54. The fourth-order valence-corrected chi connectivity index (χ4v) is 3.01. The second kappa shape index (κ2) is 3.97. The first-order valence-corrected chi connectivity index (χ1v) is 5.81. The summed E-state index contributed by atoms with van der Waals surface area (Å²) < 4.78 is 0. The Bertz CT molecular complexity index is 155. The molecule has 0 atom stereocenters. The van der Waals surface area contributed by atoms with Crippen molar-refractivity contribution in [3.05, 3.63) is 0 Å². The lowest BCUT2D eigenvalue weighted by molar-refractivity contribution is 0.0470. The summed E-state index contributed by atoms with van der Waals surface area (Å²) >= 11 is 0. The van der Waals surface area contributed by atoms with Crippen molar-refractivity contribution in [2.24, 2.45) is 0 Å². The van der Waals surface area contributed by atoms with Crippen LogP contribution in [0.25, 0.3) is 0 Å². The van der Waals surface area contributed by atoms with Gasteiger partial charge in [-0.15, -0.1) is 0 Å². The molecule has 1 aliphatic heterocycles. The fourth-order valence-electron chi connectivity index (χ4n) is 3.01. The summed E-state index contributed by atoms with van der Waals surface area (Å²) in [6.45, 7) is 2.64. The zero-order chi connectivity index (χ0) is 9.15. The van der Waals surface area contributed by atoms with Crippen LogP contribution in [0.3, 0.4) is 0 Å². The molecule has 0 unspecified atom stereocenters. The summed E-state index contributed by atoms with van der Waals surface area (Å²) in [7, 11) is 2.14. The van der Waals surface area contributed by atoms with Crippen LogP contribution in [0.5, 0.6) is 0 Å². The molecule has 76 valence electrons. The lowest BCUT2D eigenvalue weighted by Gasteiger charge is -2.44. The Morgan fingerprint density at radius 2 is 1.54 bits per heavy atom. The van der Waals surface area contributed by atoms with Gasteiger partial charge in [-0.05, 0) is 45.8 Å². The van der Waals surface area contributed by atoms with Gasteiger partial charge in [0, 0.05) is 0 Å². The van der Waals surface area contributed by atoms with Gasteiger partial charge in [0.15, 0.2) is 0 Å². The van der Waals surface area contributed by atoms with E-state index in [-0.39, 0.29) is 0 Å². The Balaban J connectivity index is 2.03. The highest BCUT2D eigenvalue weighted by Gasteiger charge is 2.37. The van der Waals surface area contributed by atoms with Gasteiger partial charge in [0.05, 0.1) is 5.66 Å². The summed E-state index contributed by atoms with van der Waals surface area (Å²) in [6, 6.07) is 0. The monoisotopic (exact) mass is 182 g/mol. The van der Waals surface area contributed by atoms with Gasteiger partial charge in [-0.1, -0.05) is 19.3 Å².